The van der Waals surface area contributed by atoms with Gasteiger partial charge in [0.05, 0.1) is 11.0 Å². The first-order chi connectivity index (χ1) is 10.2. The second-order valence-corrected chi connectivity index (χ2v) is 5.68. The fraction of sp³-hybridized carbons (Fsp3) is 0.0667. The Morgan fingerprint density at radius 1 is 1.29 bits per heavy atom. The molecule has 0 saturated heterocycles. The molecule has 0 aliphatic heterocycles. The predicted molar refractivity (Wildman–Crippen MR) is 83.9 cm³/mol. The molecule has 1 heterocycles. The molecule has 3 rings (SSSR count). The summed E-state index contributed by atoms with van der Waals surface area (Å²) < 4.78 is 0. The summed E-state index contributed by atoms with van der Waals surface area (Å²) in [5.74, 6) is 0.0880. The Kier molecular flexibility index (Phi) is 3.53. The molecule has 106 valence electrons. The third-order valence-electron chi connectivity index (χ3n) is 3.09. The van der Waals surface area contributed by atoms with Crippen molar-refractivity contribution in [1.29, 1.82) is 0 Å². The van der Waals surface area contributed by atoms with E-state index in [2.05, 4.69) is 21.2 Å². The van der Waals surface area contributed by atoms with Gasteiger partial charge in [-0.15, -0.1) is 0 Å². The average Bonchev–Trinajstić information content (AvgIpc) is 2.88. The van der Waals surface area contributed by atoms with Gasteiger partial charge in [0.2, 0.25) is 0 Å². The van der Waals surface area contributed by atoms with E-state index in [0.29, 0.717) is 5.56 Å². The average molecular weight is 298 g/mol. The molecule has 0 unspecified atom stereocenters. The lowest BCUT2D eigenvalue weighted by Crippen LogP contribution is -2.14. The molecule has 0 radical (unpaired) electrons. The molecular formula is C15H14N4OS. The monoisotopic (exact) mass is 298 g/mol. The normalized spacial score (nSPS) is 12.0. The van der Waals surface area contributed by atoms with E-state index in [-0.39, 0.29) is 5.84 Å². The number of aromatic amines is 1. The summed E-state index contributed by atoms with van der Waals surface area (Å²) in [6.07, 6.45) is 0. The van der Waals surface area contributed by atoms with E-state index in [1.807, 2.05) is 43.3 Å². The maximum atomic E-state index is 8.85. The van der Waals surface area contributed by atoms with Crippen molar-refractivity contribution in [2.45, 2.75) is 17.0 Å². The van der Waals surface area contributed by atoms with E-state index in [1.54, 1.807) is 0 Å². The number of H-pyrrole nitrogens is 1. The summed E-state index contributed by atoms with van der Waals surface area (Å²) in [5.41, 5.74) is 9.48. The first-order valence-electron chi connectivity index (χ1n) is 6.38. The lowest BCUT2D eigenvalue weighted by atomic mass is 10.2. The van der Waals surface area contributed by atoms with Crippen LogP contribution < -0.4 is 5.73 Å². The number of aromatic nitrogens is 2. The van der Waals surface area contributed by atoms with Gasteiger partial charge in [0.25, 0.3) is 0 Å². The van der Waals surface area contributed by atoms with Crippen molar-refractivity contribution in [3.8, 4) is 0 Å². The Hall–Kier alpha value is -2.47. The van der Waals surface area contributed by atoms with E-state index in [1.165, 1.54) is 17.3 Å². The number of imidazole rings is 1. The maximum Gasteiger partial charge on any atom is 0.171 e. The van der Waals surface area contributed by atoms with Crippen LogP contribution in [-0.4, -0.2) is 21.0 Å². The number of rotatable bonds is 3. The van der Waals surface area contributed by atoms with Crippen LogP contribution in [0.1, 0.15) is 11.1 Å². The van der Waals surface area contributed by atoms with Gasteiger partial charge in [-0.3, -0.25) is 0 Å². The standard InChI is InChI=1S/C15H14N4OS/c1-9-6-7-11-12(8-9)18-15(17-11)21-13-5-3-2-4-10(13)14(16)19-20/h2-8,20H,1H3,(H2,16,19)(H,17,18). The number of nitrogens with zero attached hydrogens (tertiary/aromatic N) is 2. The second-order valence-electron chi connectivity index (χ2n) is 4.65. The van der Waals surface area contributed by atoms with Crippen LogP contribution in [0.3, 0.4) is 0 Å². The van der Waals surface area contributed by atoms with Crippen LogP contribution in [0.2, 0.25) is 0 Å². The van der Waals surface area contributed by atoms with Crippen molar-refractivity contribution < 1.29 is 5.21 Å². The first-order valence-corrected chi connectivity index (χ1v) is 7.20. The summed E-state index contributed by atoms with van der Waals surface area (Å²) in [7, 11) is 0. The number of oxime groups is 1. The van der Waals surface area contributed by atoms with Gasteiger partial charge in [-0.05, 0) is 30.7 Å². The van der Waals surface area contributed by atoms with Crippen molar-refractivity contribution in [2.75, 3.05) is 0 Å². The Balaban J connectivity index is 1.99. The molecule has 5 nitrogen and oxygen atoms in total. The topological polar surface area (TPSA) is 87.3 Å². The van der Waals surface area contributed by atoms with E-state index in [4.69, 9.17) is 10.9 Å². The minimum atomic E-state index is 0.0880. The molecule has 0 amide bonds. The smallest absolute Gasteiger partial charge is 0.171 e. The van der Waals surface area contributed by atoms with Crippen molar-refractivity contribution in [2.24, 2.45) is 10.9 Å². The van der Waals surface area contributed by atoms with Gasteiger partial charge in [0.1, 0.15) is 0 Å². The third-order valence-corrected chi connectivity index (χ3v) is 4.06. The Labute approximate surface area is 125 Å². The van der Waals surface area contributed by atoms with Crippen LogP contribution in [0.5, 0.6) is 0 Å². The number of nitrogens with two attached hydrogens (primary N) is 1. The van der Waals surface area contributed by atoms with Gasteiger partial charge in [-0.1, -0.05) is 41.2 Å². The molecule has 0 saturated carbocycles. The number of nitrogens with one attached hydrogen (secondary N) is 1. The van der Waals surface area contributed by atoms with Crippen LogP contribution in [0, 0.1) is 6.92 Å². The molecule has 0 aliphatic rings. The predicted octanol–water partition coefficient (Wildman–Crippen LogP) is 3.12. The zero-order chi connectivity index (χ0) is 14.8. The van der Waals surface area contributed by atoms with Crippen LogP contribution in [0.25, 0.3) is 11.0 Å². The summed E-state index contributed by atoms with van der Waals surface area (Å²) in [5, 5.41) is 12.7. The molecule has 6 heteroatoms. The van der Waals surface area contributed by atoms with E-state index < -0.39 is 0 Å². The zero-order valence-corrected chi connectivity index (χ0v) is 12.2. The van der Waals surface area contributed by atoms with Crippen molar-refractivity contribution in [3.05, 3.63) is 53.6 Å². The fourth-order valence-electron chi connectivity index (χ4n) is 2.07. The number of hydrogen-bond acceptors (Lipinski definition) is 4. The highest BCUT2D eigenvalue weighted by Gasteiger charge is 2.10. The largest absolute Gasteiger partial charge is 0.409 e. The minimum Gasteiger partial charge on any atom is -0.409 e. The molecule has 3 aromatic rings. The van der Waals surface area contributed by atoms with Crippen LogP contribution in [0.15, 0.2) is 57.7 Å². The van der Waals surface area contributed by atoms with E-state index in [9.17, 15) is 0 Å². The molecule has 4 N–H and O–H groups in total. The molecule has 0 bridgehead atoms. The van der Waals surface area contributed by atoms with Gasteiger partial charge in [-0.2, -0.15) is 0 Å². The highest BCUT2D eigenvalue weighted by atomic mass is 32.2. The van der Waals surface area contributed by atoms with Crippen LogP contribution in [-0.2, 0) is 0 Å². The van der Waals surface area contributed by atoms with E-state index >= 15 is 0 Å². The number of amidine groups is 1. The molecule has 2 aromatic carbocycles. The fourth-order valence-corrected chi connectivity index (χ4v) is 3.02. The third kappa shape index (κ3) is 2.71. The van der Waals surface area contributed by atoms with Crippen molar-refractivity contribution in [3.63, 3.8) is 0 Å². The maximum absolute atomic E-state index is 8.85. The Morgan fingerprint density at radius 3 is 2.90 bits per heavy atom. The summed E-state index contributed by atoms with van der Waals surface area (Å²) in [4.78, 5) is 8.70. The summed E-state index contributed by atoms with van der Waals surface area (Å²) in [6, 6.07) is 13.5. The van der Waals surface area contributed by atoms with Gasteiger partial charge < -0.3 is 15.9 Å². The van der Waals surface area contributed by atoms with Crippen LogP contribution >= 0.6 is 11.8 Å². The summed E-state index contributed by atoms with van der Waals surface area (Å²) >= 11 is 1.45. The highest BCUT2D eigenvalue weighted by Crippen LogP contribution is 2.30. The van der Waals surface area contributed by atoms with Gasteiger partial charge in [0, 0.05) is 10.5 Å². The number of benzene rings is 2. The molecular weight excluding hydrogens is 284 g/mol. The minimum absolute atomic E-state index is 0.0880. The quantitative estimate of drug-likeness (QED) is 0.300. The molecule has 0 spiro atoms. The van der Waals surface area contributed by atoms with Crippen LogP contribution in [0.4, 0.5) is 0 Å². The molecule has 1 aromatic heterocycles. The SMILES string of the molecule is Cc1ccc2nc(Sc3ccccc3C(N)=NO)[nH]c2c1. The molecule has 0 fully saturated rings. The Bertz CT molecular complexity index is 825. The number of aryl methyl sites for hydroxylation is 1. The van der Waals surface area contributed by atoms with Crippen molar-refractivity contribution >= 4 is 28.6 Å². The van der Waals surface area contributed by atoms with Crippen molar-refractivity contribution in [1.82, 2.24) is 9.97 Å². The lowest BCUT2D eigenvalue weighted by Gasteiger charge is -2.05. The number of fused-ring (bicyclic) bond motifs is 1. The summed E-state index contributed by atoms with van der Waals surface area (Å²) in [6.45, 7) is 2.04. The zero-order valence-electron chi connectivity index (χ0n) is 11.4. The first kappa shape index (κ1) is 13.5. The second kappa shape index (κ2) is 5.49. The van der Waals surface area contributed by atoms with E-state index in [0.717, 1.165) is 21.1 Å². The Morgan fingerprint density at radius 2 is 2.10 bits per heavy atom. The lowest BCUT2D eigenvalue weighted by molar-refractivity contribution is 0.318. The highest BCUT2D eigenvalue weighted by molar-refractivity contribution is 7.99. The molecule has 0 aliphatic carbocycles. The molecule has 0 atom stereocenters. The van der Waals surface area contributed by atoms with Gasteiger partial charge in [0.15, 0.2) is 11.0 Å². The van der Waals surface area contributed by atoms with Gasteiger partial charge >= 0.3 is 0 Å². The number of hydrogen-bond donors (Lipinski definition) is 3. The molecule has 21 heavy (non-hydrogen) atoms. The van der Waals surface area contributed by atoms with Gasteiger partial charge in [-0.25, -0.2) is 4.98 Å².